The molecule has 0 fully saturated rings. The van der Waals surface area contributed by atoms with E-state index in [-0.39, 0.29) is 0 Å². The molecule has 0 aliphatic carbocycles. The van der Waals surface area contributed by atoms with Crippen molar-refractivity contribution in [2.45, 2.75) is 0 Å². The van der Waals surface area contributed by atoms with Gasteiger partial charge in [-0.2, -0.15) is 20.9 Å². The summed E-state index contributed by atoms with van der Waals surface area (Å²) in [5.74, 6) is 0. The molecule has 2 aliphatic heterocycles. The Balaban J connectivity index is 2.29. The minimum absolute atomic E-state index is 1.00. The maximum Gasteiger partial charge on any atom is 0.126 e. The number of nitrogens with one attached hydrogen (secondary N) is 1. The fraction of sp³-hybridized carbons (Fsp3) is 0. The number of hydrazine groups is 1. The van der Waals surface area contributed by atoms with Crippen molar-refractivity contribution in [3.05, 3.63) is 11.1 Å². The molecule has 0 unspecified atom stereocenters. The van der Waals surface area contributed by atoms with Crippen LogP contribution in [-0.4, -0.2) is 16.9 Å². The smallest absolute Gasteiger partial charge is 0.126 e. The second kappa shape index (κ2) is 1.77. The van der Waals surface area contributed by atoms with Crippen molar-refractivity contribution in [1.82, 2.24) is 10.7 Å². The van der Waals surface area contributed by atoms with Crippen molar-refractivity contribution in [3.8, 4) is 0 Å². The highest BCUT2D eigenvalue weighted by Crippen LogP contribution is 2.23. The van der Waals surface area contributed by atoms with Crippen LogP contribution in [0.5, 0.6) is 0 Å². The van der Waals surface area contributed by atoms with Gasteiger partial charge in [0.05, 0.1) is 5.55 Å². The summed E-state index contributed by atoms with van der Waals surface area (Å²) in [5.41, 5.74) is 4.38. The Labute approximate surface area is 56.3 Å². The van der Waals surface area contributed by atoms with Gasteiger partial charge in [-0.1, -0.05) is 11.8 Å². The number of hydrogen-bond donors (Lipinski definition) is 1. The van der Waals surface area contributed by atoms with E-state index in [0.29, 0.717) is 0 Å². The number of hydrogen-bond acceptors (Lipinski definition) is 5. The number of rotatable bonds is 0. The van der Waals surface area contributed by atoms with Crippen LogP contribution in [0.25, 0.3) is 0 Å². The Bertz CT molecular complexity index is 207. The van der Waals surface area contributed by atoms with Gasteiger partial charge in [0.2, 0.25) is 0 Å². The molecule has 0 aromatic rings. The van der Waals surface area contributed by atoms with Crippen LogP contribution in [0.15, 0.2) is 21.3 Å². The van der Waals surface area contributed by atoms with E-state index in [1.807, 2.05) is 0 Å². The molecule has 4 nitrogen and oxygen atoms in total. The van der Waals surface area contributed by atoms with Gasteiger partial charge in [0.1, 0.15) is 11.2 Å². The van der Waals surface area contributed by atoms with Crippen molar-refractivity contribution in [2.24, 2.45) is 10.2 Å². The van der Waals surface area contributed by atoms with E-state index >= 15 is 0 Å². The van der Waals surface area contributed by atoms with Gasteiger partial charge in [-0.15, -0.1) is 0 Å². The Morgan fingerprint density at radius 2 is 2.78 bits per heavy atom. The number of allylic oxidation sites excluding steroid dienone is 1. The van der Waals surface area contributed by atoms with Crippen LogP contribution in [0.1, 0.15) is 0 Å². The predicted molar refractivity (Wildman–Crippen MR) is 36.6 cm³/mol. The zero-order valence-electron chi connectivity index (χ0n) is 4.40. The lowest BCUT2D eigenvalue weighted by molar-refractivity contribution is 0.287. The first-order valence-electron chi connectivity index (χ1n) is 2.37. The molecule has 2 heterocycles. The molecule has 2 aliphatic rings. The molecular formula is C4H3N4S. The average molecular weight is 139 g/mol. The maximum atomic E-state index is 3.92. The monoisotopic (exact) mass is 139 g/mol. The molecular weight excluding hydrogens is 136 g/mol. The van der Waals surface area contributed by atoms with Crippen LogP contribution in [0.3, 0.4) is 0 Å². The molecule has 0 aromatic heterocycles. The molecule has 1 radical (unpaired) electrons. The topological polar surface area (TPSA) is 40.0 Å². The standard InChI is InChI=1S/C4H3N4S/c1-2-5-7-8-4(1)9-3-6-8/h1,3,7H. The van der Waals surface area contributed by atoms with Gasteiger partial charge in [-0.05, 0) is 0 Å². The molecule has 0 bridgehead atoms. The molecule has 45 valence electrons. The van der Waals surface area contributed by atoms with E-state index < -0.39 is 0 Å². The fourth-order valence-corrected chi connectivity index (χ4v) is 1.12. The molecule has 0 spiro atoms. The van der Waals surface area contributed by atoms with Crippen LogP contribution < -0.4 is 5.53 Å². The summed E-state index contributed by atoms with van der Waals surface area (Å²) in [4.78, 5) is 0. The number of hydrazone groups is 2. The highest BCUT2D eigenvalue weighted by molar-refractivity contribution is 8.15. The van der Waals surface area contributed by atoms with Gasteiger partial charge in [0.15, 0.2) is 0 Å². The van der Waals surface area contributed by atoms with Crippen molar-refractivity contribution in [1.29, 1.82) is 0 Å². The Morgan fingerprint density at radius 3 is 3.67 bits per heavy atom. The van der Waals surface area contributed by atoms with Crippen molar-refractivity contribution in [2.75, 3.05) is 0 Å². The summed E-state index contributed by atoms with van der Waals surface area (Å²) in [6, 6.07) is 0. The molecule has 0 aromatic carbocycles. The van der Waals surface area contributed by atoms with Crippen LogP contribution >= 0.6 is 11.8 Å². The largest absolute Gasteiger partial charge is 0.196 e. The van der Waals surface area contributed by atoms with Crippen LogP contribution in [-0.2, 0) is 0 Å². The predicted octanol–water partition coefficient (Wildman–Crippen LogP) is 0.201. The second-order valence-corrected chi connectivity index (χ2v) is 2.34. The third-order valence-electron chi connectivity index (χ3n) is 0.942. The summed E-state index contributed by atoms with van der Waals surface area (Å²) < 4.78 is 0. The van der Waals surface area contributed by atoms with Gasteiger partial charge in [0, 0.05) is 6.08 Å². The summed E-state index contributed by atoms with van der Waals surface area (Å²) in [7, 11) is 0. The maximum absolute atomic E-state index is 3.92. The lowest BCUT2D eigenvalue weighted by Gasteiger charge is -2.14. The number of thioether (sulfide) groups is 1. The zero-order chi connectivity index (χ0) is 6.10. The summed E-state index contributed by atoms with van der Waals surface area (Å²) in [6.07, 6.45) is 4.44. The normalized spacial score (nSPS) is 21.3. The Morgan fingerprint density at radius 1 is 1.78 bits per heavy atom. The summed E-state index contributed by atoms with van der Waals surface area (Å²) >= 11 is 1.54. The quantitative estimate of drug-likeness (QED) is 0.521. The van der Waals surface area contributed by atoms with E-state index in [1.165, 1.54) is 11.8 Å². The van der Waals surface area contributed by atoms with E-state index in [9.17, 15) is 0 Å². The molecule has 0 atom stereocenters. The number of fused-ring (bicyclic) bond motifs is 1. The van der Waals surface area contributed by atoms with Gasteiger partial charge >= 0.3 is 0 Å². The van der Waals surface area contributed by atoms with Gasteiger partial charge in [-0.3, -0.25) is 0 Å². The lowest BCUT2D eigenvalue weighted by Crippen LogP contribution is -2.27. The van der Waals surface area contributed by atoms with Crippen LogP contribution in [0.2, 0.25) is 0 Å². The molecule has 5 heteroatoms. The van der Waals surface area contributed by atoms with Crippen LogP contribution in [0, 0.1) is 0 Å². The first kappa shape index (κ1) is 4.87. The molecule has 2 rings (SSSR count). The van der Waals surface area contributed by atoms with Gasteiger partial charge < -0.3 is 0 Å². The third kappa shape index (κ3) is 0.692. The SMILES string of the molecule is [C]1=NNN2N=CSC2=C1. The minimum atomic E-state index is 1.00. The molecule has 0 amide bonds. The summed E-state index contributed by atoms with van der Waals surface area (Å²) in [5, 5.41) is 10.1. The van der Waals surface area contributed by atoms with Crippen LogP contribution in [0.4, 0.5) is 0 Å². The Hall–Kier alpha value is -0.970. The summed E-state index contributed by atoms with van der Waals surface area (Å²) in [6.45, 7) is 0. The molecule has 0 saturated carbocycles. The van der Waals surface area contributed by atoms with Crippen molar-refractivity contribution < 1.29 is 0 Å². The first-order chi connectivity index (χ1) is 4.47. The molecule has 1 N–H and O–H groups in total. The van der Waals surface area contributed by atoms with E-state index in [2.05, 4.69) is 22.0 Å². The first-order valence-corrected chi connectivity index (χ1v) is 3.25. The van der Waals surface area contributed by atoms with Crippen molar-refractivity contribution in [3.63, 3.8) is 0 Å². The molecule has 9 heavy (non-hydrogen) atoms. The highest BCUT2D eigenvalue weighted by Gasteiger charge is 2.14. The van der Waals surface area contributed by atoms with E-state index in [4.69, 9.17) is 0 Å². The van der Waals surface area contributed by atoms with E-state index in [0.717, 1.165) is 5.03 Å². The van der Waals surface area contributed by atoms with E-state index in [1.54, 1.807) is 16.7 Å². The third-order valence-corrected chi connectivity index (χ3v) is 1.67. The van der Waals surface area contributed by atoms with Crippen molar-refractivity contribution >= 4 is 23.5 Å². The minimum Gasteiger partial charge on any atom is -0.196 e. The Kier molecular flexibility index (Phi) is 0.955. The highest BCUT2D eigenvalue weighted by atomic mass is 32.2. The molecule has 0 saturated heterocycles. The average Bonchev–Trinajstić information content (AvgIpc) is 2.33. The lowest BCUT2D eigenvalue weighted by atomic mass is 10.6. The second-order valence-electron chi connectivity index (χ2n) is 1.47. The van der Waals surface area contributed by atoms with Gasteiger partial charge in [0.25, 0.3) is 0 Å². The van der Waals surface area contributed by atoms with Gasteiger partial charge in [-0.25, -0.2) is 0 Å². The number of nitrogens with zero attached hydrogens (tertiary/aromatic N) is 3. The fourth-order valence-electron chi connectivity index (χ4n) is 0.566. The zero-order valence-corrected chi connectivity index (χ0v) is 5.22.